The molecule has 3 aromatic rings. The second-order valence-electron chi connectivity index (χ2n) is 12.1. The third kappa shape index (κ3) is 8.33. The average molecular weight is 679 g/mol. The van der Waals surface area contributed by atoms with E-state index in [2.05, 4.69) is 15.5 Å². The third-order valence-electron chi connectivity index (χ3n) is 9.00. The van der Waals surface area contributed by atoms with Crippen molar-refractivity contribution in [1.82, 2.24) is 20.4 Å². The van der Waals surface area contributed by atoms with Crippen LogP contribution in [0.4, 0.5) is 4.39 Å². The Labute approximate surface area is 284 Å². The molecule has 262 valence electrons. The number of likely N-dealkylation sites (tertiary alicyclic amines) is 1. The number of esters is 2. The predicted octanol–water partition coefficient (Wildman–Crippen LogP) is 5.51. The Bertz CT molecular complexity index is 1720. The fraction of sp³-hybridized carbons (Fsp3) is 0.444. The van der Waals surface area contributed by atoms with E-state index in [1.54, 1.807) is 37.8 Å². The lowest BCUT2D eigenvalue weighted by Gasteiger charge is -2.43. The molecule has 1 unspecified atom stereocenters. The fourth-order valence-corrected chi connectivity index (χ4v) is 6.33. The van der Waals surface area contributed by atoms with Crippen LogP contribution in [0.2, 0.25) is 0 Å². The van der Waals surface area contributed by atoms with E-state index < -0.39 is 65.0 Å². The summed E-state index contributed by atoms with van der Waals surface area (Å²) in [4.78, 5) is 67.0. The minimum Gasteiger partial charge on any atom is -0.451 e. The number of nitrogens with one attached hydrogen (secondary N) is 2. The number of hydrogen-bond acceptors (Lipinski definition) is 9. The van der Waals surface area contributed by atoms with Crippen LogP contribution < -0.4 is 15.6 Å². The highest BCUT2D eigenvalue weighted by Crippen LogP contribution is 2.48. The molecule has 1 aliphatic rings. The minimum absolute atomic E-state index is 0.0486. The molecule has 4 atom stereocenters. The number of hydrogen-bond donors (Lipinski definition) is 2. The van der Waals surface area contributed by atoms with Crippen molar-refractivity contribution < 1.29 is 37.8 Å². The maximum absolute atomic E-state index is 14.4. The summed E-state index contributed by atoms with van der Waals surface area (Å²) in [6, 6.07) is 11.2. The number of ether oxygens (including phenoxy) is 3. The van der Waals surface area contributed by atoms with Gasteiger partial charge >= 0.3 is 17.5 Å². The van der Waals surface area contributed by atoms with Crippen LogP contribution in [-0.2, 0) is 23.9 Å². The van der Waals surface area contributed by atoms with Gasteiger partial charge in [0.15, 0.2) is 5.75 Å². The molecule has 0 spiro atoms. The summed E-state index contributed by atoms with van der Waals surface area (Å²) in [7, 11) is 0. The van der Waals surface area contributed by atoms with Gasteiger partial charge < -0.3 is 24.4 Å². The first kappa shape index (κ1) is 36.8. The number of carbonyl (C=O) groups excluding carboxylic acids is 4. The van der Waals surface area contributed by atoms with Crippen molar-refractivity contribution in [3.8, 4) is 11.5 Å². The van der Waals surface area contributed by atoms with E-state index in [4.69, 9.17) is 14.2 Å². The quantitative estimate of drug-likeness (QED) is 0.176. The van der Waals surface area contributed by atoms with Gasteiger partial charge in [0.25, 0.3) is 5.91 Å². The number of H-pyrrole nitrogens is 1. The normalized spacial score (nSPS) is 17.2. The van der Waals surface area contributed by atoms with Gasteiger partial charge in [-0.2, -0.15) is 5.10 Å². The Hall–Kier alpha value is -5.07. The van der Waals surface area contributed by atoms with Crippen molar-refractivity contribution in [1.29, 1.82) is 0 Å². The standard InChI is InChI=1S/C36H43FN4O8/c1-7-31(42)47-23(6)48-35(46)36(8-2,9-3)30-18-17-28(25-11-10-12-26(37)20-25)41(30)34(45)22(5)38-32(43)24-13-15-27(16-14-24)49-29-19-21(4)39-40-33(29)44/h10-16,19-20,22-23,28,30H,7-9,17-18H2,1-6H3,(H,38,43)(H,40,44)/t22-,23?,28+,30-/m1/s1. The number of carbonyl (C=O) groups is 4. The van der Waals surface area contributed by atoms with Crippen LogP contribution in [0.3, 0.4) is 0 Å². The van der Waals surface area contributed by atoms with Gasteiger partial charge in [0, 0.05) is 31.0 Å². The fourth-order valence-electron chi connectivity index (χ4n) is 6.33. The van der Waals surface area contributed by atoms with Crippen molar-refractivity contribution >= 4 is 23.8 Å². The van der Waals surface area contributed by atoms with E-state index in [1.807, 2.05) is 13.8 Å². The number of aromatic nitrogens is 2. The van der Waals surface area contributed by atoms with Gasteiger partial charge in [0.1, 0.15) is 17.6 Å². The second kappa shape index (κ2) is 15.9. The third-order valence-corrected chi connectivity index (χ3v) is 9.00. The molecule has 2 amide bonds. The van der Waals surface area contributed by atoms with Crippen molar-refractivity contribution in [2.75, 3.05) is 0 Å². The monoisotopic (exact) mass is 678 g/mol. The summed E-state index contributed by atoms with van der Waals surface area (Å²) in [6.45, 7) is 10.0. The predicted molar refractivity (Wildman–Crippen MR) is 177 cm³/mol. The van der Waals surface area contributed by atoms with E-state index >= 15 is 0 Å². The number of aryl methyl sites for hydroxylation is 1. The van der Waals surface area contributed by atoms with Gasteiger partial charge in [-0.25, -0.2) is 9.49 Å². The minimum atomic E-state index is -1.18. The van der Waals surface area contributed by atoms with E-state index in [9.17, 15) is 28.4 Å². The number of halogens is 1. The Morgan fingerprint density at radius 2 is 1.71 bits per heavy atom. The van der Waals surface area contributed by atoms with Crippen LogP contribution in [-0.4, -0.2) is 57.2 Å². The molecule has 2 aromatic carbocycles. The van der Waals surface area contributed by atoms with E-state index in [0.717, 1.165) is 0 Å². The molecule has 4 rings (SSSR count). The molecule has 49 heavy (non-hydrogen) atoms. The zero-order valence-corrected chi connectivity index (χ0v) is 28.6. The van der Waals surface area contributed by atoms with Crippen molar-refractivity contribution in [3.05, 3.63) is 87.6 Å². The van der Waals surface area contributed by atoms with E-state index in [0.29, 0.717) is 42.7 Å². The van der Waals surface area contributed by atoms with Gasteiger partial charge in [0.2, 0.25) is 12.2 Å². The molecule has 0 saturated carbocycles. The molecule has 1 saturated heterocycles. The Morgan fingerprint density at radius 1 is 1.02 bits per heavy atom. The highest BCUT2D eigenvalue weighted by atomic mass is 19.1. The molecule has 0 aliphatic carbocycles. The number of rotatable bonds is 13. The highest BCUT2D eigenvalue weighted by molar-refractivity contribution is 5.97. The molecule has 1 aliphatic heterocycles. The maximum atomic E-state index is 14.4. The highest BCUT2D eigenvalue weighted by Gasteiger charge is 2.54. The molecule has 1 aromatic heterocycles. The smallest absolute Gasteiger partial charge is 0.317 e. The van der Waals surface area contributed by atoms with Crippen LogP contribution in [0.15, 0.2) is 59.4 Å². The Morgan fingerprint density at radius 3 is 2.35 bits per heavy atom. The van der Waals surface area contributed by atoms with Crippen molar-refractivity contribution in [3.63, 3.8) is 0 Å². The largest absolute Gasteiger partial charge is 0.451 e. The molecular formula is C36H43FN4O8. The molecule has 2 heterocycles. The van der Waals surface area contributed by atoms with Gasteiger partial charge in [-0.05, 0) is 81.5 Å². The molecule has 0 radical (unpaired) electrons. The molecule has 13 heteroatoms. The van der Waals surface area contributed by atoms with E-state index in [-0.39, 0.29) is 17.7 Å². The Balaban J connectivity index is 1.58. The summed E-state index contributed by atoms with van der Waals surface area (Å²) in [5, 5.41) is 8.91. The second-order valence-corrected chi connectivity index (χ2v) is 12.1. The van der Waals surface area contributed by atoms with Crippen LogP contribution in [0.1, 0.15) is 94.4 Å². The summed E-state index contributed by atoms with van der Waals surface area (Å²) in [5.74, 6) is -2.22. The molecule has 1 fully saturated rings. The number of aromatic amines is 1. The molecular weight excluding hydrogens is 635 g/mol. The van der Waals surface area contributed by atoms with Gasteiger partial charge in [-0.3, -0.25) is 24.0 Å². The maximum Gasteiger partial charge on any atom is 0.317 e. The number of amides is 2. The van der Waals surface area contributed by atoms with Gasteiger partial charge in [-0.15, -0.1) is 0 Å². The number of benzene rings is 2. The lowest BCUT2D eigenvalue weighted by molar-refractivity contribution is -0.195. The molecule has 0 bridgehead atoms. The van der Waals surface area contributed by atoms with Gasteiger partial charge in [-0.1, -0.05) is 32.9 Å². The number of nitrogens with zero attached hydrogens (tertiary/aromatic N) is 2. The Kier molecular flexibility index (Phi) is 11.9. The lowest BCUT2D eigenvalue weighted by atomic mass is 9.74. The zero-order valence-electron chi connectivity index (χ0n) is 28.6. The summed E-state index contributed by atoms with van der Waals surface area (Å²) in [6.07, 6.45) is 0.448. The van der Waals surface area contributed by atoms with Crippen LogP contribution in [0.5, 0.6) is 11.5 Å². The average Bonchev–Trinajstić information content (AvgIpc) is 3.52. The van der Waals surface area contributed by atoms with Crippen LogP contribution in [0, 0.1) is 18.2 Å². The molecule has 2 N–H and O–H groups in total. The SMILES string of the molecule is CCC(=O)OC(C)OC(=O)C(CC)(CC)[C@H]1CC[C@@H](c2cccc(F)c2)N1C(=O)[C@@H](C)NC(=O)c1ccc(Oc2cc(C)n[nH]c2=O)cc1. The summed E-state index contributed by atoms with van der Waals surface area (Å²) < 4.78 is 30.9. The summed E-state index contributed by atoms with van der Waals surface area (Å²) >= 11 is 0. The first-order valence-electron chi connectivity index (χ1n) is 16.5. The first-order chi connectivity index (χ1) is 23.3. The van der Waals surface area contributed by atoms with Gasteiger partial charge in [0.05, 0.1) is 17.2 Å². The van der Waals surface area contributed by atoms with Crippen LogP contribution >= 0.6 is 0 Å². The summed E-state index contributed by atoms with van der Waals surface area (Å²) in [5.41, 5.74) is -0.327. The zero-order chi connectivity index (χ0) is 35.9. The van der Waals surface area contributed by atoms with Crippen LogP contribution in [0.25, 0.3) is 0 Å². The van der Waals surface area contributed by atoms with E-state index in [1.165, 1.54) is 49.4 Å². The van der Waals surface area contributed by atoms with Crippen molar-refractivity contribution in [2.24, 2.45) is 5.41 Å². The molecule has 12 nitrogen and oxygen atoms in total. The lowest BCUT2D eigenvalue weighted by Crippen LogP contribution is -2.56. The topological polar surface area (TPSA) is 157 Å². The van der Waals surface area contributed by atoms with Crippen molar-refractivity contribution in [2.45, 2.75) is 98.1 Å². The first-order valence-corrected chi connectivity index (χ1v) is 16.5.